The van der Waals surface area contributed by atoms with E-state index >= 15 is 0 Å². The SMILES string of the molecule is CC(C)CNC(=O)C(C)NC(=O)c1csc(C(=O)O)n1. The van der Waals surface area contributed by atoms with Crippen molar-refractivity contribution in [2.75, 3.05) is 6.54 Å². The summed E-state index contributed by atoms with van der Waals surface area (Å²) in [5, 5.41) is 15.1. The summed E-state index contributed by atoms with van der Waals surface area (Å²) in [6.07, 6.45) is 0. The molecule has 1 rings (SSSR count). The van der Waals surface area contributed by atoms with Gasteiger partial charge in [0, 0.05) is 11.9 Å². The molecule has 1 heterocycles. The molecule has 0 aromatic carbocycles. The molecule has 1 atom stereocenters. The lowest BCUT2D eigenvalue weighted by molar-refractivity contribution is -0.122. The molecule has 0 aliphatic carbocycles. The van der Waals surface area contributed by atoms with Gasteiger partial charge in [-0.3, -0.25) is 9.59 Å². The summed E-state index contributed by atoms with van der Waals surface area (Å²) in [5.74, 6) is -1.73. The van der Waals surface area contributed by atoms with Gasteiger partial charge in [-0.2, -0.15) is 0 Å². The highest BCUT2D eigenvalue weighted by Crippen LogP contribution is 2.09. The zero-order valence-corrected chi connectivity index (χ0v) is 12.3. The van der Waals surface area contributed by atoms with Crippen molar-refractivity contribution in [3.8, 4) is 0 Å². The highest BCUT2D eigenvalue weighted by molar-refractivity contribution is 7.11. The number of aromatic carboxylic acids is 1. The van der Waals surface area contributed by atoms with Crippen LogP contribution in [0.4, 0.5) is 0 Å². The normalized spacial score (nSPS) is 12.0. The second-order valence-electron chi connectivity index (χ2n) is 4.68. The molecule has 0 radical (unpaired) electrons. The Bertz CT molecular complexity index is 513. The van der Waals surface area contributed by atoms with Crippen LogP contribution in [0.15, 0.2) is 5.38 Å². The van der Waals surface area contributed by atoms with Crippen LogP contribution in [0, 0.1) is 5.92 Å². The Balaban J connectivity index is 2.56. The predicted molar refractivity (Wildman–Crippen MR) is 73.8 cm³/mol. The molecule has 8 heteroatoms. The lowest BCUT2D eigenvalue weighted by Gasteiger charge is -2.14. The van der Waals surface area contributed by atoms with E-state index < -0.39 is 17.9 Å². The van der Waals surface area contributed by atoms with E-state index in [2.05, 4.69) is 15.6 Å². The Morgan fingerprint density at radius 2 is 2.00 bits per heavy atom. The molecule has 0 bridgehead atoms. The molecule has 0 aliphatic rings. The number of hydrogen-bond acceptors (Lipinski definition) is 5. The van der Waals surface area contributed by atoms with Crippen molar-refractivity contribution in [3.63, 3.8) is 0 Å². The maximum Gasteiger partial charge on any atom is 0.365 e. The average molecular weight is 299 g/mol. The maximum absolute atomic E-state index is 11.8. The third kappa shape index (κ3) is 4.61. The largest absolute Gasteiger partial charge is 0.476 e. The van der Waals surface area contributed by atoms with Gasteiger partial charge in [-0.05, 0) is 12.8 Å². The molecular formula is C12H17N3O4S. The van der Waals surface area contributed by atoms with Crippen LogP contribution in [0.25, 0.3) is 0 Å². The molecule has 0 aliphatic heterocycles. The molecule has 1 unspecified atom stereocenters. The number of nitrogens with zero attached hydrogens (tertiary/aromatic N) is 1. The molecule has 0 spiro atoms. The first kappa shape index (κ1) is 16.1. The zero-order valence-electron chi connectivity index (χ0n) is 11.5. The number of carbonyl (C=O) groups excluding carboxylic acids is 2. The van der Waals surface area contributed by atoms with Crippen molar-refractivity contribution >= 4 is 29.1 Å². The van der Waals surface area contributed by atoms with Crippen molar-refractivity contribution in [2.24, 2.45) is 5.92 Å². The Morgan fingerprint density at radius 3 is 2.50 bits per heavy atom. The zero-order chi connectivity index (χ0) is 15.3. The van der Waals surface area contributed by atoms with Crippen LogP contribution in [0.5, 0.6) is 0 Å². The van der Waals surface area contributed by atoms with Gasteiger partial charge in [0.2, 0.25) is 10.9 Å². The van der Waals surface area contributed by atoms with Crippen molar-refractivity contribution in [1.29, 1.82) is 0 Å². The number of thiazole rings is 1. The molecule has 7 nitrogen and oxygen atoms in total. The Kier molecular flexibility index (Phi) is 5.63. The quantitative estimate of drug-likeness (QED) is 0.717. The Morgan fingerprint density at radius 1 is 1.35 bits per heavy atom. The van der Waals surface area contributed by atoms with Gasteiger partial charge in [-0.1, -0.05) is 13.8 Å². The third-order valence-electron chi connectivity index (χ3n) is 2.35. The van der Waals surface area contributed by atoms with Gasteiger partial charge in [-0.15, -0.1) is 11.3 Å². The van der Waals surface area contributed by atoms with E-state index in [4.69, 9.17) is 5.11 Å². The van der Waals surface area contributed by atoms with Crippen molar-refractivity contribution < 1.29 is 19.5 Å². The number of carbonyl (C=O) groups is 3. The van der Waals surface area contributed by atoms with Crippen LogP contribution in [0.3, 0.4) is 0 Å². The van der Waals surface area contributed by atoms with Gasteiger partial charge in [0.15, 0.2) is 0 Å². The molecule has 0 saturated heterocycles. The smallest absolute Gasteiger partial charge is 0.365 e. The first-order valence-electron chi connectivity index (χ1n) is 6.08. The van der Waals surface area contributed by atoms with Crippen LogP contribution in [0.2, 0.25) is 0 Å². The maximum atomic E-state index is 11.8. The minimum Gasteiger partial charge on any atom is -0.476 e. The van der Waals surface area contributed by atoms with Gasteiger partial charge >= 0.3 is 5.97 Å². The van der Waals surface area contributed by atoms with Crippen LogP contribution in [-0.2, 0) is 4.79 Å². The van der Waals surface area contributed by atoms with Gasteiger partial charge in [0.05, 0.1) is 0 Å². The minimum atomic E-state index is -1.18. The van der Waals surface area contributed by atoms with Gasteiger partial charge in [0.25, 0.3) is 5.91 Å². The molecule has 110 valence electrons. The summed E-state index contributed by atoms with van der Waals surface area (Å²) in [6.45, 7) is 6.01. The summed E-state index contributed by atoms with van der Waals surface area (Å²) in [7, 11) is 0. The summed E-state index contributed by atoms with van der Waals surface area (Å²) in [4.78, 5) is 37.8. The van der Waals surface area contributed by atoms with Crippen LogP contribution in [0.1, 0.15) is 41.1 Å². The summed E-state index contributed by atoms with van der Waals surface area (Å²) in [6, 6.07) is -0.712. The second kappa shape index (κ2) is 6.99. The van der Waals surface area contributed by atoms with Gasteiger partial charge in [0.1, 0.15) is 11.7 Å². The minimum absolute atomic E-state index is 0.00379. The first-order chi connectivity index (χ1) is 9.31. The molecule has 0 saturated carbocycles. The fourth-order valence-corrected chi connectivity index (χ4v) is 1.91. The molecule has 1 aromatic rings. The first-order valence-corrected chi connectivity index (χ1v) is 6.96. The predicted octanol–water partition coefficient (Wildman–Crippen LogP) is 0.732. The van der Waals surface area contributed by atoms with E-state index in [0.29, 0.717) is 12.5 Å². The van der Waals surface area contributed by atoms with E-state index in [1.165, 1.54) is 5.38 Å². The highest BCUT2D eigenvalue weighted by Gasteiger charge is 2.19. The number of rotatable bonds is 6. The number of amides is 2. The Hall–Kier alpha value is -1.96. The van der Waals surface area contributed by atoms with E-state index in [1.54, 1.807) is 6.92 Å². The number of hydrogen-bond donors (Lipinski definition) is 3. The van der Waals surface area contributed by atoms with Crippen LogP contribution >= 0.6 is 11.3 Å². The van der Waals surface area contributed by atoms with E-state index in [9.17, 15) is 14.4 Å². The van der Waals surface area contributed by atoms with E-state index in [0.717, 1.165) is 11.3 Å². The number of carboxylic acids is 1. The van der Waals surface area contributed by atoms with Crippen LogP contribution in [-0.4, -0.2) is 40.5 Å². The molecule has 0 fully saturated rings. The summed E-state index contributed by atoms with van der Waals surface area (Å²) < 4.78 is 0. The average Bonchev–Trinajstić information content (AvgIpc) is 2.85. The van der Waals surface area contributed by atoms with Crippen molar-refractivity contribution in [3.05, 3.63) is 16.1 Å². The van der Waals surface area contributed by atoms with Gasteiger partial charge < -0.3 is 15.7 Å². The molecular weight excluding hydrogens is 282 g/mol. The monoisotopic (exact) mass is 299 g/mol. The van der Waals surface area contributed by atoms with Gasteiger partial charge in [-0.25, -0.2) is 9.78 Å². The fraction of sp³-hybridized carbons (Fsp3) is 0.500. The number of aromatic nitrogens is 1. The number of carboxylic acid groups (broad SMARTS) is 1. The lowest BCUT2D eigenvalue weighted by atomic mass is 10.2. The summed E-state index contributed by atoms with van der Waals surface area (Å²) >= 11 is 0.864. The highest BCUT2D eigenvalue weighted by atomic mass is 32.1. The summed E-state index contributed by atoms with van der Waals surface area (Å²) in [5.41, 5.74) is -0.00379. The second-order valence-corrected chi connectivity index (χ2v) is 5.54. The van der Waals surface area contributed by atoms with E-state index in [-0.39, 0.29) is 16.6 Å². The molecule has 20 heavy (non-hydrogen) atoms. The Labute approximate surface area is 120 Å². The molecule has 1 aromatic heterocycles. The number of nitrogens with one attached hydrogen (secondary N) is 2. The van der Waals surface area contributed by atoms with Crippen molar-refractivity contribution in [2.45, 2.75) is 26.8 Å². The molecule has 2 amide bonds. The van der Waals surface area contributed by atoms with Crippen LogP contribution < -0.4 is 10.6 Å². The lowest BCUT2D eigenvalue weighted by Crippen LogP contribution is -2.45. The van der Waals surface area contributed by atoms with Crippen molar-refractivity contribution in [1.82, 2.24) is 15.6 Å². The molecule has 3 N–H and O–H groups in total. The third-order valence-corrected chi connectivity index (χ3v) is 3.18. The van der Waals surface area contributed by atoms with E-state index in [1.807, 2.05) is 13.8 Å². The standard InChI is InChI=1S/C12H17N3O4S/c1-6(2)4-13-9(16)7(3)14-10(17)8-5-20-11(15-8)12(18)19/h5-7H,4H2,1-3H3,(H,13,16)(H,14,17)(H,18,19). The fourth-order valence-electron chi connectivity index (χ4n) is 1.27. The topological polar surface area (TPSA) is 108 Å².